The van der Waals surface area contributed by atoms with Crippen molar-refractivity contribution in [3.63, 3.8) is 0 Å². The van der Waals surface area contributed by atoms with Gasteiger partial charge in [-0.25, -0.2) is 14.4 Å². The maximum absolute atomic E-state index is 11.4. The molecule has 1 radical (unpaired) electrons. The molecule has 0 aromatic rings. The number of ether oxygens (including phenoxy) is 3. The zero-order valence-electron chi connectivity index (χ0n) is 33.2. The molecule has 13 heteroatoms. The van der Waals surface area contributed by atoms with Gasteiger partial charge in [0.05, 0.1) is 31.5 Å². The number of esters is 3. The second-order valence-corrected chi connectivity index (χ2v) is 12.1. The molecule has 0 rings (SSSR count). The molecule has 0 aliphatic heterocycles. The van der Waals surface area contributed by atoms with E-state index in [0.29, 0.717) is 31.6 Å². The van der Waals surface area contributed by atoms with Gasteiger partial charge in [-0.15, -0.1) is 0 Å². The Hall–Kier alpha value is -1.70. The normalized spacial score (nSPS) is 10.0. The van der Waals surface area contributed by atoms with Crippen LogP contribution in [0.2, 0.25) is 0 Å². The third kappa shape index (κ3) is 60.7. The summed E-state index contributed by atoms with van der Waals surface area (Å²) >= 11 is 8.24. The molecule has 0 saturated heterocycles. The van der Waals surface area contributed by atoms with Crippen molar-refractivity contribution in [2.75, 3.05) is 37.7 Å². The number of halogens is 1. The molecule has 1 unspecified atom stereocenters. The fourth-order valence-electron chi connectivity index (χ4n) is 3.42. The summed E-state index contributed by atoms with van der Waals surface area (Å²) in [7, 11) is 4.34. The van der Waals surface area contributed by atoms with Crippen LogP contribution >= 0.6 is 40.5 Å². The zero-order chi connectivity index (χ0) is 40.6. The van der Waals surface area contributed by atoms with E-state index in [1.54, 1.807) is 25.6 Å². The van der Waals surface area contributed by atoms with Crippen LogP contribution in [0.25, 0.3) is 0 Å². The van der Waals surface area contributed by atoms with Crippen LogP contribution in [0.15, 0.2) is 40.8 Å². The van der Waals surface area contributed by atoms with E-state index in [1.165, 1.54) is 44.9 Å². The SMILES string of the molecule is C=C(C(=O)OCC)C(O)CCCCCC.C=CC(=O)OCC.CCCCCC/C=C(\CBr)C(=O)OCC.CCCCCCC=O.CSC.[B]=NS. The predicted octanol–water partition coefficient (Wildman–Crippen LogP) is 10.3. The average molecular weight is 826 g/mol. The van der Waals surface area contributed by atoms with E-state index in [2.05, 4.69) is 79.4 Å². The number of allylic oxidation sites excluding steroid dienone is 1. The number of rotatable bonds is 23. The van der Waals surface area contributed by atoms with Gasteiger partial charge < -0.3 is 24.1 Å². The summed E-state index contributed by atoms with van der Waals surface area (Å²) < 4.78 is 16.8. The van der Waals surface area contributed by atoms with E-state index in [0.717, 1.165) is 62.9 Å². The zero-order valence-corrected chi connectivity index (χ0v) is 36.5. The van der Waals surface area contributed by atoms with Crippen molar-refractivity contribution in [1.29, 1.82) is 0 Å². The minimum atomic E-state index is -0.749. The Balaban J connectivity index is -0.000000131. The quantitative estimate of drug-likeness (QED) is 0.0151. The molecule has 0 amide bonds. The van der Waals surface area contributed by atoms with Gasteiger partial charge in [-0.05, 0) is 59.0 Å². The molecule has 0 aromatic heterocycles. The maximum atomic E-state index is 11.4. The Morgan fingerprint density at radius 2 is 1.22 bits per heavy atom. The minimum absolute atomic E-state index is 0.174. The molecule has 51 heavy (non-hydrogen) atoms. The predicted molar refractivity (Wildman–Crippen MR) is 226 cm³/mol. The van der Waals surface area contributed by atoms with Crippen molar-refractivity contribution in [2.24, 2.45) is 4.30 Å². The molecule has 0 bridgehead atoms. The Labute approximate surface area is 331 Å². The van der Waals surface area contributed by atoms with Crippen molar-refractivity contribution in [2.45, 2.75) is 144 Å². The topological polar surface area (TPSA) is 129 Å². The molecular formula is C38H72BBrNO8S2. The number of aliphatic hydroxyl groups is 1. The summed E-state index contributed by atoms with van der Waals surface area (Å²) in [6, 6.07) is 0. The van der Waals surface area contributed by atoms with Crippen LogP contribution in [-0.2, 0) is 33.4 Å². The number of aldehydes is 1. The number of carbonyl (C=O) groups excluding carboxylic acids is 4. The van der Waals surface area contributed by atoms with E-state index in [-0.39, 0.29) is 17.5 Å². The molecule has 299 valence electrons. The number of aliphatic hydroxyl groups excluding tert-OH is 1. The van der Waals surface area contributed by atoms with E-state index >= 15 is 0 Å². The van der Waals surface area contributed by atoms with E-state index < -0.39 is 12.1 Å². The van der Waals surface area contributed by atoms with Gasteiger partial charge in [0.2, 0.25) is 0 Å². The number of carbonyl (C=O) groups is 4. The first-order chi connectivity index (χ1) is 24.4. The Morgan fingerprint density at radius 3 is 1.57 bits per heavy atom. The average Bonchev–Trinajstić information content (AvgIpc) is 3.11. The van der Waals surface area contributed by atoms with Gasteiger partial charge >= 0.3 is 42.7 Å². The standard InChI is InChI=1S/C12H21BrO2.C12H22O3.C7H14O.C5H8O2.C2H6S.BHNS/c1-3-5-6-7-8-9-11(10-13)12(14)15-4-2;1-4-6-7-8-9-11(13)10(3)12(14)15-5-2;1-2-3-4-5-6-7-8;1-3-5(6)7-4-2;1-3-2;1-2-3/h9H,3-8,10H2,1-2H3;11,13H,3-9H2,1-2H3;7H,2-6H2,1H3;3H,1,4H2,2H3;1-2H3;3H/b11-9+;;;;;. The number of thiol groups is 1. The van der Waals surface area contributed by atoms with Gasteiger partial charge in [0, 0.05) is 23.4 Å². The fraction of sp³-hybridized carbons (Fsp3) is 0.737. The molecule has 0 saturated carbocycles. The Bertz CT molecular complexity index is 849. The first-order valence-corrected chi connectivity index (χ1v) is 21.2. The summed E-state index contributed by atoms with van der Waals surface area (Å²) in [6.07, 6.45) is 23.8. The van der Waals surface area contributed by atoms with Crippen LogP contribution in [-0.4, -0.2) is 80.7 Å². The summed E-state index contributed by atoms with van der Waals surface area (Å²) in [5.74, 6) is -1.03. The van der Waals surface area contributed by atoms with Crippen molar-refractivity contribution in [3.05, 3.63) is 36.5 Å². The van der Waals surface area contributed by atoms with Gasteiger partial charge in [-0.1, -0.05) is 120 Å². The molecule has 0 aromatic carbocycles. The third-order valence-electron chi connectivity index (χ3n) is 6.03. The molecule has 0 heterocycles. The molecule has 1 atom stereocenters. The summed E-state index contributed by atoms with van der Waals surface area (Å²) in [5.41, 5.74) is 0.918. The number of hydrogen-bond donors (Lipinski definition) is 2. The first kappa shape index (κ1) is 61.3. The van der Waals surface area contributed by atoms with Crippen LogP contribution < -0.4 is 0 Å². The number of thioether (sulfide) groups is 1. The first-order valence-electron chi connectivity index (χ1n) is 18.1. The molecule has 0 aliphatic carbocycles. The van der Waals surface area contributed by atoms with E-state index in [9.17, 15) is 24.3 Å². The summed E-state index contributed by atoms with van der Waals surface area (Å²) in [6.45, 7) is 19.7. The number of alkyl halides is 1. The number of hydrogen-bond acceptors (Lipinski definition) is 11. The molecule has 0 spiro atoms. The second-order valence-electron chi connectivity index (χ2n) is 10.5. The third-order valence-corrected chi connectivity index (χ3v) is 6.63. The van der Waals surface area contributed by atoms with Crippen LogP contribution in [0.1, 0.15) is 138 Å². The van der Waals surface area contributed by atoms with E-state index in [4.69, 9.17) is 9.47 Å². The monoisotopic (exact) mass is 824 g/mol. The van der Waals surface area contributed by atoms with Crippen LogP contribution in [0.4, 0.5) is 0 Å². The van der Waals surface area contributed by atoms with Crippen LogP contribution in [0.3, 0.4) is 0 Å². The fourth-order valence-corrected chi connectivity index (χ4v) is 3.88. The van der Waals surface area contributed by atoms with Crippen LogP contribution in [0, 0.1) is 0 Å². The van der Waals surface area contributed by atoms with Crippen molar-refractivity contribution in [3.8, 4) is 0 Å². The number of unbranched alkanes of at least 4 members (excludes halogenated alkanes) is 11. The second kappa shape index (κ2) is 57.6. The molecule has 0 aliphatic rings. The summed E-state index contributed by atoms with van der Waals surface area (Å²) in [4.78, 5) is 42.4. The Morgan fingerprint density at radius 1 is 0.804 bits per heavy atom. The van der Waals surface area contributed by atoms with Crippen molar-refractivity contribution >= 4 is 72.3 Å². The van der Waals surface area contributed by atoms with Gasteiger partial charge in [-0.2, -0.15) is 11.8 Å². The van der Waals surface area contributed by atoms with E-state index in [1.807, 2.05) is 25.5 Å². The number of nitrogens with zero attached hydrogens (tertiary/aromatic N) is 1. The van der Waals surface area contributed by atoms with Crippen molar-refractivity contribution in [1.82, 2.24) is 0 Å². The summed E-state index contributed by atoms with van der Waals surface area (Å²) in [5, 5.41) is 10.2. The Kier molecular flexibility index (Phi) is 69.3. The molecule has 1 N–H and O–H groups in total. The van der Waals surface area contributed by atoms with Crippen molar-refractivity contribution < 1.29 is 38.5 Å². The molecular weight excluding hydrogens is 753 g/mol. The molecule has 0 fully saturated rings. The van der Waals surface area contributed by atoms with Gasteiger partial charge in [0.25, 0.3) is 0 Å². The van der Waals surface area contributed by atoms with Crippen LogP contribution in [0.5, 0.6) is 0 Å². The van der Waals surface area contributed by atoms with Gasteiger partial charge in [-0.3, -0.25) is 0 Å². The molecule has 9 nitrogen and oxygen atoms in total. The van der Waals surface area contributed by atoms with Gasteiger partial charge in [0.1, 0.15) is 6.29 Å². The van der Waals surface area contributed by atoms with Gasteiger partial charge in [0.15, 0.2) is 0 Å².